The molecule has 2 aromatic rings. The van der Waals surface area contributed by atoms with Gasteiger partial charge in [-0.05, 0) is 27.2 Å². The fourth-order valence-electron chi connectivity index (χ4n) is 3.33. The largest absolute Gasteiger partial charge is 0.564 e. The van der Waals surface area contributed by atoms with Crippen molar-refractivity contribution in [2.24, 2.45) is 0 Å². The van der Waals surface area contributed by atoms with E-state index in [1.807, 2.05) is 0 Å². The van der Waals surface area contributed by atoms with Gasteiger partial charge in [0, 0.05) is 36.7 Å². The monoisotopic (exact) mass is 443 g/mol. The van der Waals surface area contributed by atoms with Crippen LogP contribution < -0.4 is 4.74 Å². The van der Waals surface area contributed by atoms with Crippen molar-refractivity contribution in [1.29, 1.82) is 0 Å². The number of aromatic nitrogens is 1. The normalized spacial score (nSPS) is 17.8. The smallest absolute Gasteiger partial charge is 0.130 e. The highest BCUT2D eigenvalue weighted by atomic mass is 35.5. The van der Waals surface area contributed by atoms with Gasteiger partial charge in [0.1, 0.15) is 5.75 Å². The maximum absolute atomic E-state index is 10.0. The third-order valence-electron chi connectivity index (χ3n) is 6.07. The first-order chi connectivity index (χ1) is 13.0. The van der Waals surface area contributed by atoms with Crippen LogP contribution >= 0.6 is 23.2 Å². The van der Waals surface area contributed by atoms with E-state index in [0.717, 1.165) is 41.6 Å². The highest BCUT2D eigenvalue weighted by Gasteiger charge is 2.25. The summed E-state index contributed by atoms with van der Waals surface area (Å²) < 4.78 is 14.4. The number of aliphatic hydroxyl groups excluding tert-OH is 1. The molecule has 1 aromatic carbocycles. The van der Waals surface area contributed by atoms with Crippen LogP contribution in [0.4, 0.5) is 0 Å². The molecule has 4 nitrogen and oxygen atoms in total. The highest BCUT2D eigenvalue weighted by molar-refractivity contribution is 6.74. The van der Waals surface area contributed by atoms with Crippen LogP contribution in [0.2, 0.25) is 28.2 Å². The lowest BCUT2D eigenvalue weighted by Gasteiger charge is -2.48. The lowest BCUT2D eigenvalue weighted by atomic mass is 10.1. The molecule has 1 unspecified atom stereocenters. The third kappa shape index (κ3) is 4.39. The van der Waals surface area contributed by atoms with Crippen LogP contribution in [-0.4, -0.2) is 37.3 Å². The SMILES string of the molecule is CC(C)(C)[Si-](C)(C)OCCCOc1cc(Cl)c(Cl)c2c1cc1n2CC(O)CC1. The molecule has 1 aliphatic heterocycles. The number of ether oxygens (including phenoxy) is 1. The van der Waals surface area contributed by atoms with Crippen LogP contribution in [0.25, 0.3) is 10.9 Å². The van der Waals surface area contributed by atoms with Gasteiger partial charge in [-0.2, -0.15) is 0 Å². The second kappa shape index (κ2) is 8.19. The fraction of sp³-hybridized carbons (Fsp3) is 0.619. The number of nitrogens with zero attached hydrogens (tertiary/aromatic N) is 1. The second-order valence-electron chi connectivity index (χ2n) is 9.18. The minimum Gasteiger partial charge on any atom is -0.564 e. The van der Waals surface area contributed by atoms with E-state index < -0.39 is 8.32 Å². The van der Waals surface area contributed by atoms with Gasteiger partial charge in [0.15, 0.2) is 0 Å². The van der Waals surface area contributed by atoms with E-state index in [-0.39, 0.29) is 11.1 Å². The Kier molecular flexibility index (Phi) is 6.43. The Labute approximate surface area is 178 Å². The number of aryl methyl sites for hydroxylation is 1. The van der Waals surface area contributed by atoms with Crippen molar-refractivity contribution >= 4 is 42.4 Å². The predicted molar refractivity (Wildman–Crippen MR) is 120 cm³/mol. The van der Waals surface area contributed by atoms with Crippen molar-refractivity contribution < 1.29 is 14.3 Å². The van der Waals surface area contributed by atoms with Crippen molar-refractivity contribution in [2.45, 2.75) is 70.8 Å². The molecule has 0 radical (unpaired) electrons. The van der Waals surface area contributed by atoms with Crippen LogP contribution in [0.5, 0.6) is 5.75 Å². The molecule has 0 bridgehead atoms. The average molecular weight is 444 g/mol. The van der Waals surface area contributed by atoms with E-state index in [1.165, 1.54) is 0 Å². The summed E-state index contributed by atoms with van der Waals surface area (Å²) in [6.07, 6.45) is 2.06. The molecule has 0 amide bonds. The highest BCUT2D eigenvalue weighted by Crippen LogP contribution is 2.41. The summed E-state index contributed by atoms with van der Waals surface area (Å²) in [6, 6.07) is 3.91. The van der Waals surface area contributed by atoms with Gasteiger partial charge in [0.25, 0.3) is 0 Å². The minimum absolute atomic E-state index is 0.208. The van der Waals surface area contributed by atoms with Gasteiger partial charge in [0.2, 0.25) is 0 Å². The summed E-state index contributed by atoms with van der Waals surface area (Å²) in [5.41, 5.74) is 2.02. The van der Waals surface area contributed by atoms with Gasteiger partial charge in [-0.25, -0.2) is 0 Å². The molecule has 28 heavy (non-hydrogen) atoms. The van der Waals surface area contributed by atoms with Crippen LogP contribution in [0.15, 0.2) is 12.1 Å². The zero-order valence-electron chi connectivity index (χ0n) is 17.4. The zero-order valence-corrected chi connectivity index (χ0v) is 20.0. The summed E-state index contributed by atoms with van der Waals surface area (Å²) in [5.74, 6) is 0.744. The topological polar surface area (TPSA) is 43.6 Å². The number of hydrogen-bond acceptors (Lipinski definition) is 3. The van der Waals surface area contributed by atoms with E-state index in [1.54, 1.807) is 6.07 Å². The molecular weight excluding hydrogens is 413 g/mol. The Morgan fingerprint density at radius 3 is 2.61 bits per heavy atom. The van der Waals surface area contributed by atoms with E-state index in [4.69, 9.17) is 32.4 Å². The average Bonchev–Trinajstić information content (AvgIpc) is 2.96. The van der Waals surface area contributed by atoms with Gasteiger partial charge in [-0.15, -0.1) is 18.1 Å². The Bertz CT molecular complexity index is 858. The first-order valence-corrected chi connectivity index (χ1v) is 13.6. The van der Waals surface area contributed by atoms with Gasteiger partial charge in [-0.1, -0.05) is 44.0 Å². The molecule has 0 fully saturated rings. The van der Waals surface area contributed by atoms with Crippen LogP contribution in [0, 0.1) is 0 Å². The molecule has 1 aromatic heterocycles. The number of benzene rings is 1. The Morgan fingerprint density at radius 1 is 1.21 bits per heavy atom. The maximum atomic E-state index is 10.0. The van der Waals surface area contributed by atoms with E-state index >= 15 is 0 Å². The summed E-state index contributed by atoms with van der Waals surface area (Å²) in [5, 5.41) is 12.2. The van der Waals surface area contributed by atoms with Crippen molar-refractivity contribution in [3.8, 4) is 5.75 Å². The van der Waals surface area contributed by atoms with Gasteiger partial charge >= 0.3 is 0 Å². The van der Waals surface area contributed by atoms with Crippen LogP contribution in [0.3, 0.4) is 0 Å². The second-order valence-corrected chi connectivity index (χ2v) is 14.8. The first kappa shape index (κ1) is 22.0. The quantitative estimate of drug-likeness (QED) is 0.436. The zero-order chi connectivity index (χ0) is 20.7. The number of fused-ring (bicyclic) bond motifs is 3. The molecular formula is C21H31Cl2NO3Si-. The van der Waals surface area contributed by atoms with E-state index in [9.17, 15) is 5.11 Å². The summed E-state index contributed by atoms with van der Waals surface area (Å²) >= 11 is 12.9. The Balaban J connectivity index is 1.71. The predicted octanol–water partition coefficient (Wildman–Crippen LogP) is 6.05. The van der Waals surface area contributed by atoms with E-state index in [2.05, 4.69) is 44.5 Å². The molecule has 0 saturated carbocycles. The van der Waals surface area contributed by atoms with E-state index in [0.29, 0.717) is 29.8 Å². The number of halogens is 2. The van der Waals surface area contributed by atoms with Crippen molar-refractivity contribution in [1.82, 2.24) is 4.57 Å². The molecule has 157 valence electrons. The van der Waals surface area contributed by atoms with Crippen molar-refractivity contribution in [2.75, 3.05) is 13.2 Å². The first-order valence-electron chi connectivity index (χ1n) is 9.96. The molecule has 0 aliphatic carbocycles. The summed E-state index contributed by atoms with van der Waals surface area (Å²) in [7, 11) is -1.73. The standard InChI is InChI=1S/C21H31Cl2NO3Si/c1-21(2,3)28(4,5)27-10-6-9-26-18-12-17(22)19(23)20-16(18)11-14-7-8-15(25)13-24(14)20/h11-12,15,25H,6-10,13H2,1-5H3/q-1. The molecule has 1 atom stereocenters. The van der Waals surface area contributed by atoms with Crippen molar-refractivity contribution in [3.05, 3.63) is 27.9 Å². The lowest BCUT2D eigenvalue weighted by Crippen LogP contribution is -2.41. The molecule has 2 heterocycles. The Hall–Kier alpha value is -0.723. The molecule has 1 N–H and O–H groups in total. The lowest BCUT2D eigenvalue weighted by molar-refractivity contribution is 0.133. The van der Waals surface area contributed by atoms with Gasteiger partial charge in [0.05, 0.1) is 28.3 Å². The van der Waals surface area contributed by atoms with Crippen molar-refractivity contribution in [3.63, 3.8) is 0 Å². The van der Waals surface area contributed by atoms with Gasteiger partial charge < -0.3 is 18.8 Å². The number of aliphatic hydroxyl groups is 1. The fourth-order valence-corrected chi connectivity index (χ4v) is 4.87. The molecule has 0 spiro atoms. The van der Waals surface area contributed by atoms with Gasteiger partial charge in [-0.3, -0.25) is 0 Å². The van der Waals surface area contributed by atoms with Crippen LogP contribution in [0.1, 0.15) is 39.3 Å². The third-order valence-corrected chi connectivity index (χ3v) is 11.4. The summed E-state index contributed by atoms with van der Waals surface area (Å²) in [6.45, 7) is 13.0. The Morgan fingerprint density at radius 2 is 1.93 bits per heavy atom. The summed E-state index contributed by atoms with van der Waals surface area (Å²) in [4.78, 5) is 0. The molecule has 7 heteroatoms. The number of hydrogen-bond donors (Lipinski definition) is 1. The molecule has 0 saturated heterocycles. The molecule has 3 rings (SSSR count). The minimum atomic E-state index is -1.73. The maximum Gasteiger partial charge on any atom is 0.130 e. The van der Waals surface area contributed by atoms with Crippen LogP contribution in [-0.2, 0) is 17.4 Å². The number of rotatable bonds is 6. The molecule has 1 aliphatic rings.